The number of para-hydroxylation sites is 1. The Labute approximate surface area is 93.6 Å². The van der Waals surface area contributed by atoms with Gasteiger partial charge in [-0.3, -0.25) is 0 Å². The Bertz CT molecular complexity index is 458. The lowest BCUT2D eigenvalue weighted by atomic mass is 10.1. The van der Waals surface area contributed by atoms with Gasteiger partial charge < -0.3 is 13.9 Å². The molecule has 0 aliphatic carbocycles. The van der Waals surface area contributed by atoms with Gasteiger partial charge in [0.2, 0.25) is 0 Å². The number of rotatable bonds is 4. The van der Waals surface area contributed by atoms with E-state index in [9.17, 15) is 0 Å². The molecular weight excluding hydrogens is 204 g/mol. The third kappa shape index (κ3) is 1.95. The van der Waals surface area contributed by atoms with Crippen molar-refractivity contribution < 1.29 is 13.9 Å². The van der Waals surface area contributed by atoms with Crippen LogP contribution < -0.4 is 4.74 Å². The predicted molar refractivity (Wildman–Crippen MR) is 59.4 cm³/mol. The highest BCUT2D eigenvalue weighted by atomic mass is 16.6. The molecule has 1 aromatic carbocycles. The van der Waals surface area contributed by atoms with Crippen molar-refractivity contribution in [3.8, 4) is 16.9 Å². The Morgan fingerprint density at radius 2 is 2.12 bits per heavy atom. The SMILES string of the molecule is c1ccc(-c2ccoc2)c(OC[C@@H]2CO2)c1. The lowest BCUT2D eigenvalue weighted by Crippen LogP contribution is -2.04. The highest BCUT2D eigenvalue weighted by molar-refractivity contribution is 5.69. The summed E-state index contributed by atoms with van der Waals surface area (Å²) in [5.74, 6) is 0.874. The predicted octanol–water partition coefficient (Wildman–Crippen LogP) is 2.72. The molecule has 1 aromatic heterocycles. The smallest absolute Gasteiger partial charge is 0.127 e. The first-order chi connectivity index (χ1) is 7.93. The van der Waals surface area contributed by atoms with Crippen LogP contribution in [0.1, 0.15) is 0 Å². The minimum absolute atomic E-state index is 0.275. The molecular formula is C13H12O3. The van der Waals surface area contributed by atoms with Crippen molar-refractivity contribution in [2.75, 3.05) is 13.2 Å². The second-order valence-corrected chi connectivity index (χ2v) is 3.77. The molecule has 3 heteroatoms. The zero-order chi connectivity index (χ0) is 10.8. The molecule has 3 rings (SSSR count). The zero-order valence-electron chi connectivity index (χ0n) is 8.76. The van der Waals surface area contributed by atoms with Crippen LogP contribution in [0, 0.1) is 0 Å². The largest absolute Gasteiger partial charge is 0.490 e. The number of hydrogen-bond acceptors (Lipinski definition) is 3. The summed E-state index contributed by atoms with van der Waals surface area (Å²) in [6.45, 7) is 1.43. The summed E-state index contributed by atoms with van der Waals surface area (Å²) in [6.07, 6.45) is 3.66. The third-order valence-electron chi connectivity index (χ3n) is 2.55. The molecule has 1 fully saturated rings. The average Bonchev–Trinajstić information content (AvgIpc) is 3.00. The number of ether oxygens (including phenoxy) is 2. The van der Waals surface area contributed by atoms with Crippen molar-refractivity contribution in [1.82, 2.24) is 0 Å². The summed E-state index contributed by atoms with van der Waals surface area (Å²) < 4.78 is 15.9. The molecule has 0 saturated carbocycles. The monoisotopic (exact) mass is 216 g/mol. The standard InChI is InChI=1S/C13H12O3/c1-2-4-13(16-9-11-8-15-11)12(3-1)10-5-6-14-7-10/h1-7,11H,8-9H2/t11-/m0/s1. The molecule has 0 unspecified atom stereocenters. The van der Waals surface area contributed by atoms with Gasteiger partial charge in [0.15, 0.2) is 0 Å². The second-order valence-electron chi connectivity index (χ2n) is 3.77. The van der Waals surface area contributed by atoms with Gasteiger partial charge in [-0.15, -0.1) is 0 Å². The first-order valence-electron chi connectivity index (χ1n) is 5.29. The molecule has 82 valence electrons. The Morgan fingerprint density at radius 1 is 1.25 bits per heavy atom. The summed E-state index contributed by atoms with van der Waals surface area (Å²) in [5, 5.41) is 0. The van der Waals surface area contributed by atoms with E-state index < -0.39 is 0 Å². The van der Waals surface area contributed by atoms with Crippen molar-refractivity contribution in [3.63, 3.8) is 0 Å². The van der Waals surface area contributed by atoms with E-state index in [2.05, 4.69) is 0 Å². The van der Waals surface area contributed by atoms with E-state index in [0.717, 1.165) is 23.5 Å². The molecule has 1 saturated heterocycles. The number of furan rings is 1. The third-order valence-corrected chi connectivity index (χ3v) is 2.55. The Balaban J connectivity index is 1.85. The summed E-state index contributed by atoms with van der Waals surface area (Å²) >= 11 is 0. The molecule has 0 amide bonds. The van der Waals surface area contributed by atoms with Crippen LogP contribution in [0.15, 0.2) is 47.3 Å². The van der Waals surface area contributed by atoms with Crippen molar-refractivity contribution >= 4 is 0 Å². The lowest BCUT2D eigenvalue weighted by molar-refractivity contribution is 0.264. The van der Waals surface area contributed by atoms with Gasteiger partial charge in [-0.25, -0.2) is 0 Å². The van der Waals surface area contributed by atoms with Crippen molar-refractivity contribution in [3.05, 3.63) is 42.9 Å². The quantitative estimate of drug-likeness (QED) is 0.737. The van der Waals surface area contributed by atoms with Crippen LogP contribution in [-0.2, 0) is 4.74 Å². The van der Waals surface area contributed by atoms with Crippen LogP contribution in [0.5, 0.6) is 5.75 Å². The van der Waals surface area contributed by atoms with Crippen molar-refractivity contribution in [1.29, 1.82) is 0 Å². The van der Waals surface area contributed by atoms with Crippen LogP contribution in [-0.4, -0.2) is 19.3 Å². The average molecular weight is 216 g/mol. The van der Waals surface area contributed by atoms with Crippen LogP contribution in [0.3, 0.4) is 0 Å². The Hall–Kier alpha value is -1.74. The van der Waals surface area contributed by atoms with Gasteiger partial charge in [0, 0.05) is 11.1 Å². The highest BCUT2D eigenvalue weighted by Crippen LogP contribution is 2.30. The summed E-state index contributed by atoms with van der Waals surface area (Å²) in [6, 6.07) is 9.87. The maximum Gasteiger partial charge on any atom is 0.127 e. The number of benzene rings is 1. The maximum atomic E-state index is 5.72. The van der Waals surface area contributed by atoms with Crippen LogP contribution in [0.4, 0.5) is 0 Å². The molecule has 2 heterocycles. The molecule has 0 spiro atoms. The second kappa shape index (κ2) is 4.02. The Kier molecular flexibility index (Phi) is 2.38. The van der Waals surface area contributed by atoms with Gasteiger partial charge in [-0.1, -0.05) is 18.2 Å². The summed E-state index contributed by atoms with van der Waals surface area (Å²) in [5.41, 5.74) is 2.09. The zero-order valence-corrected chi connectivity index (χ0v) is 8.76. The first-order valence-corrected chi connectivity index (χ1v) is 5.29. The molecule has 1 aliphatic rings. The topological polar surface area (TPSA) is 34.9 Å². The van der Waals surface area contributed by atoms with Gasteiger partial charge >= 0.3 is 0 Å². The van der Waals surface area contributed by atoms with Crippen LogP contribution in [0.25, 0.3) is 11.1 Å². The minimum atomic E-state index is 0.275. The van der Waals surface area contributed by atoms with Crippen molar-refractivity contribution in [2.45, 2.75) is 6.10 Å². The van der Waals surface area contributed by atoms with Gasteiger partial charge in [-0.05, 0) is 12.1 Å². The molecule has 1 aliphatic heterocycles. The van der Waals surface area contributed by atoms with E-state index >= 15 is 0 Å². The molecule has 1 atom stereocenters. The molecule has 2 aromatic rings. The van der Waals surface area contributed by atoms with E-state index in [1.54, 1.807) is 12.5 Å². The highest BCUT2D eigenvalue weighted by Gasteiger charge is 2.23. The fourth-order valence-corrected chi connectivity index (χ4v) is 1.60. The fourth-order valence-electron chi connectivity index (χ4n) is 1.60. The Morgan fingerprint density at radius 3 is 2.88 bits per heavy atom. The van der Waals surface area contributed by atoms with Gasteiger partial charge in [0.05, 0.1) is 19.1 Å². The lowest BCUT2D eigenvalue weighted by Gasteiger charge is -2.08. The van der Waals surface area contributed by atoms with E-state index in [1.165, 1.54) is 0 Å². The maximum absolute atomic E-state index is 5.72. The number of epoxide rings is 1. The molecule has 0 bridgehead atoms. The summed E-state index contributed by atoms with van der Waals surface area (Å²) in [7, 11) is 0. The van der Waals surface area contributed by atoms with Crippen molar-refractivity contribution in [2.24, 2.45) is 0 Å². The van der Waals surface area contributed by atoms with E-state index in [-0.39, 0.29) is 6.10 Å². The van der Waals surface area contributed by atoms with Gasteiger partial charge in [0.25, 0.3) is 0 Å². The normalized spacial score (nSPS) is 18.4. The van der Waals surface area contributed by atoms with Gasteiger partial charge in [0.1, 0.15) is 18.5 Å². The van der Waals surface area contributed by atoms with E-state index in [4.69, 9.17) is 13.9 Å². The molecule has 16 heavy (non-hydrogen) atoms. The van der Waals surface area contributed by atoms with E-state index in [0.29, 0.717) is 6.61 Å². The van der Waals surface area contributed by atoms with E-state index in [1.807, 2.05) is 30.3 Å². The van der Waals surface area contributed by atoms with Crippen LogP contribution >= 0.6 is 0 Å². The summed E-state index contributed by atoms with van der Waals surface area (Å²) in [4.78, 5) is 0. The number of hydrogen-bond donors (Lipinski definition) is 0. The fraction of sp³-hybridized carbons (Fsp3) is 0.231. The van der Waals surface area contributed by atoms with Gasteiger partial charge in [-0.2, -0.15) is 0 Å². The minimum Gasteiger partial charge on any atom is -0.490 e. The first kappa shape index (κ1) is 9.48. The molecule has 3 nitrogen and oxygen atoms in total. The van der Waals surface area contributed by atoms with Crippen LogP contribution in [0.2, 0.25) is 0 Å². The molecule has 0 radical (unpaired) electrons. The molecule has 0 N–H and O–H groups in total.